The smallest absolute Gasteiger partial charge is 0.264 e. The molecule has 236 valence electrons. The van der Waals surface area contributed by atoms with E-state index in [-0.39, 0.29) is 23.8 Å². The van der Waals surface area contributed by atoms with Crippen molar-refractivity contribution in [3.8, 4) is 0 Å². The van der Waals surface area contributed by atoms with Gasteiger partial charge in [0, 0.05) is 29.6 Å². The first-order valence-corrected chi connectivity index (χ1v) is 16.8. The Balaban J connectivity index is 1.84. The molecule has 0 aliphatic rings. The average molecular weight is 667 g/mol. The van der Waals surface area contributed by atoms with Crippen molar-refractivity contribution in [2.75, 3.05) is 17.4 Å². The van der Waals surface area contributed by atoms with Gasteiger partial charge in [0.1, 0.15) is 12.6 Å². The molecular weight excluding hydrogens is 629 g/mol. The molecule has 0 unspecified atom stereocenters. The first kappa shape index (κ1) is 34.0. The minimum atomic E-state index is -4.19. The molecule has 1 N–H and O–H groups in total. The molecule has 0 spiro atoms. The molecule has 0 aliphatic heterocycles. The molecular formula is C35H37Cl2N3O4S. The van der Waals surface area contributed by atoms with E-state index < -0.39 is 28.5 Å². The zero-order valence-electron chi connectivity index (χ0n) is 25.8. The molecule has 4 rings (SSSR count). The monoisotopic (exact) mass is 665 g/mol. The molecule has 0 aliphatic carbocycles. The summed E-state index contributed by atoms with van der Waals surface area (Å²) in [5.41, 5.74) is 4.35. The van der Waals surface area contributed by atoms with Gasteiger partial charge in [-0.25, -0.2) is 8.42 Å². The van der Waals surface area contributed by atoms with Gasteiger partial charge in [0.2, 0.25) is 11.8 Å². The summed E-state index contributed by atoms with van der Waals surface area (Å²) < 4.78 is 29.5. The van der Waals surface area contributed by atoms with Crippen molar-refractivity contribution in [1.82, 2.24) is 10.2 Å². The number of sulfonamides is 1. The van der Waals surface area contributed by atoms with Crippen LogP contribution in [0.5, 0.6) is 0 Å². The van der Waals surface area contributed by atoms with Crippen molar-refractivity contribution in [2.24, 2.45) is 0 Å². The number of halogens is 2. The Labute approximate surface area is 275 Å². The third-order valence-electron chi connectivity index (χ3n) is 7.36. The van der Waals surface area contributed by atoms with Crippen LogP contribution in [-0.2, 0) is 32.6 Å². The van der Waals surface area contributed by atoms with Crippen LogP contribution in [0.3, 0.4) is 0 Å². The van der Waals surface area contributed by atoms with Crippen LogP contribution < -0.4 is 9.62 Å². The van der Waals surface area contributed by atoms with Crippen LogP contribution in [0.15, 0.2) is 95.9 Å². The van der Waals surface area contributed by atoms with Gasteiger partial charge in [-0.2, -0.15) is 0 Å². The van der Waals surface area contributed by atoms with Crippen LogP contribution in [0.4, 0.5) is 5.69 Å². The standard InChI is InChI=1S/C35H37Cl2N3O4S/c1-5-38-35(42)33(20-27-9-7-6-8-10-27)39(22-28-13-14-29(36)21-32(28)37)34(41)23-40(30-18-25(3)17-26(4)19-30)45(43,44)31-15-11-24(2)12-16-31/h6-19,21,33H,5,20,22-23H2,1-4H3,(H,38,42)/t33-/m0/s1. The normalized spacial score (nSPS) is 12.0. The Bertz CT molecular complexity index is 1740. The van der Waals surface area contributed by atoms with E-state index in [0.717, 1.165) is 26.6 Å². The Morgan fingerprint density at radius 1 is 0.822 bits per heavy atom. The van der Waals surface area contributed by atoms with Crippen molar-refractivity contribution in [1.29, 1.82) is 0 Å². The van der Waals surface area contributed by atoms with Gasteiger partial charge in [-0.1, -0.05) is 83.4 Å². The summed E-state index contributed by atoms with van der Waals surface area (Å²) in [6, 6.07) is 25.2. The summed E-state index contributed by atoms with van der Waals surface area (Å²) in [6.07, 6.45) is 0.206. The maximum absolute atomic E-state index is 14.5. The molecule has 4 aromatic rings. The molecule has 4 aromatic carbocycles. The van der Waals surface area contributed by atoms with E-state index in [4.69, 9.17) is 23.2 Å². The number of likely N-dealkylation sites (N-methyl/N-ethyl adjacent to an activating group) is 1. The molecule has 45 heavy (non-hydrogen) atoms. The van der Waals surface area contributed by atoms with Crippen LogP contribution >= 0.6 is 23.2 Å². The van der Waals surface area contributed by atoms with Gasteiger partial charge >= 0.3 is 0 Å². The lowest BCUT2D eigenvalue weighted by molar-refractivity contribution is -0.140. The van der Waals surface area contributed by atoms with Crippen molar-refractivity contribution >= 4 is 50.7 Å². The highest BCUT2D eigenvalue weighted by Crippen LogP contribution is 2.28. The number of hydrogen-bond donors (Lipinski definition) is 1. The van der Waals surface area contributed by atoms with E-state index >= 15 is 0 Å². The number of benzene rings is 4. The lowest BCUT2D eigenvalue weighted by atomic mass is 10.0. The van der Waals surface area contributed by atoms with Crippen LogP contribution in [0.25, 0.3) is 0 Å². The fraction of sp³-hybridized carbons (Fsp3) is 0.257. The molecule has 0 saturated heterocycles. The van der Waals surface area contributed by atoms with E-state index in [1.165, 1.54) is 17.0 Å². The summed E-state index contributed by atoms with van der Waals surface area (Å²) in [4.78, 5) is 29.6. The second kappa shape index (κ2) is 15.0. The Hall–Kier alpha value is -3.85. The van der Waals surface area contributed by atoms with Gasteiger partial charge in [-0.15, -0.1) is 0 Å². The van der Waals surface area contributed by atoms with Gasteiger partial charge < -0.3 is 10.2 Å². The third kappa shape index (κ3) is 8.66. The van der Waals surface area contributed by atoms with Crippen molar-refractivity contribution in [3.63, 3.8) is 0 Å². The summed E-state index contributed by atoms with van der Waals surface area (Å²) in [5.74, 6) is -0.929. The number of amides is 2. The van der Waals surface area contributed by atoms with E-state index in [2.05, 4.69) is 5.32 Å². The zero-order valence-corrected chi connectivity index (χ0v) is 28.1. The average Bonchev–Trinajstić information content (AvgIpc) is 2.98. The van der Waals surface area contributed by atoms with Crippen molar-refractivity contribution in [3.05, 3.63) is 129 Å². The molecule has 1 atom stereocenters. The predicted octanol–water partition coefficient (Wildman–Crippen LogP) is 6.89. The number of aryl methyl sites for hydroxylation is 3. The second-order valence-corrected chi connectivity index (χ2v) is 13.7. The molecule has 0 saturated carbocycles. The van der Waals surface area contributed by atoms with Gasteiger partial charge in [-0.3, -0.25) is 13.9 Å². The number of anilines is 1. The largest absolute Gasteiger partial charge is 0.355 e. The molecule has 10 heteroatoms. The van der Waals surface area contributed by atoms with Crippen molar-refractivity contribution < 1.29 is 18.0 Å². The van der Waals surface area contributed by atoms with E-state index in [1.807, 2.05) is 57.2 Å². The van der Waals surface area contributed by atoms with Gasteiger partial charge in [-0.05, 0) is 86.3 Å². The SMILES string of the molecule is CCNC(=O)[C@H](Cc1ccccc1)N(Cc1ccc(Cl)cc1Cl)C(=O)CN(c1cc(C)cc(C)c1)S(=O)(=O)c1ccc(C)cc1. The molecule has 0 radical (unpaired) electrons. The highest BCUT2D eigenvalue weighted by atomic mass is 35.5. The lowest BCUT2D eigenvalue weighted by Crippen LogP contribution is -2.53. The summed E-state index contributed by atoms with van der Waals surface area (Å²) in [7, 11) is -4.19. The van der Waals surface area contributed by atoms with Crippen LogP contribution in [0, 0.1) is 20.8 Å². The Kier molecular flexibility index (Phi) is 11.3. The van der Waals surface area contributed by atoms with Gasteiger partial charge in [0.15, 0.2) is 0 Å². The number of hydrogen-bond acceptors (Lipinski definition) is 4. The molecule has 0 heterocycles. The minimum Gasteiger partial charge on any atom is -0.355 e. The van der Waals surface area contributed by atoms with Crippen LogP contribution in [-0.4, -0.2) is 44.3 Å². The summed E-state index contributed by atoms with van der Waals surface area (Å²) in [5, 5.41) is 3.61. The third-order valence-corrected chi connectivity index (χ3v) is 9.74. The van der Waals surface area contributed by atoms with E-state index in [0.29, 0.717) is 27.8 Å². The highest BCUT2D eigenvalue weighted by molar-refractivity contribution is 7.92. The maximum atomic E-state index is 14.5. The van der Waals surface area contributed by atoms with Crippen molar-refractivity contribution in [2.45, 2.75) is 51.6 Å². The number of rotatable bonds is 12. The van der Waals surface area contributed by atoms with E-state index in [1.54, 1.807) is 49.4 Å². The van der Waals surface area contributed by atoms with Crippen LogP contribution in [0.1, 0.15) is 34.7 Å². The summed E-state index contributed by atoms with van der Waals surface area (Å²) in [6.45, 7) is 7.17. The quantitative estimate of drug-likeness (QED) is 0.179. The minimum absolute atomic E-state index is 0.0469. The molecule has 2 amide bonds. The van der Waals surface area contributed by atoms with Gasteiger partial charge in [0.25, 0.3) is 10.0 Å². The number of carbonyl (C=O) groups is 2. The fourth-order valence-corrected chi connectivity index (χ4v) is 7.01. The Morgan fingerprint density at radius 2 is 1.47 bits per heavy atom. The number of carbonyl (C=O) groups excluding carboxylic acids is 2. The summed E-state index contributed by atoms with van der Waals surface area (Å²) >= 11 is 12.7. The first-order valence-electron chi connectivity index (χ1n) is 14.6. The lowest BCUT2D eigenvalue weighted by Gasteiger charge is -2.34. The number of nitrogens with zero attached hydrogens (tertiary/aromatic N) is 2. The number of nitrogens with one attached hydrogen (secondary N) is 1. The van der Waals surface area contributed by atoms with Gasteiger partial charge in [0.05, 0.1) is 10.6 Å². The van der Waals surface area contributed by atoms with Crippen LogP contribution in [0.2, 0.25) is 10.0 Å². The highest BCUT2D eigenvalue weighted by Gasteiger charge is 2.35. The second-order valence-electron chi connectivity index (χ2n) is 11.0. The maximum Gasteiger partial charge on any atom is 0.264 e. The molecule has 0 fully saturated rings. The molecule has 0 aromatic heterocycles. The molecule has 7 nitrogen and oxygen atoms in total. The molecule has 0 bridgehead atoms. The van der Waals surface area contributed by atoms with E-state index in [9.17, 15) is 18.0 Å². The first-order chi connectivity index (χ1) is 21.4. The topological polar surface area (TPSA) is 86.8 Å². The predicted molar refractivity (Wildman–Crippen MR) is 181 cm³/mol. The fourth-order valence-electron chi connectivity index (χ4n) is 5.14. The Morgan fingerprint density at radius 3 is 2.07 bits per heavy atom. The zero-order chi connectivity index (χ0) is 32.7.